The number of aromatic hydroxyl groups is 1. The number of methoxy groups -OCH3 is 1. The lowest BCUT2D eigenvalue weighted by Gasteiger charge is -2.32. The summed E-state index contributed by atoms with van der Waals surface area (Å²) in [5.41, 5.74) is 5.92. The Balaban J connectivity index is 2.10. The Bertz CT molecular complexity index is 474. The molecule has 110 valence electrons. The second-order valence-corrected chi connectivity index (χ2v) is 5.22. The third kappa shape index (κ3) is 3.22. The van der Waals surface area contributed by atoms with Crippen LogP contribution < -0.4 is 10.5 Å². The van der Waals surface area contributed by atoms with Crippen molar-refractivity contribution in [2.45, 2.75) is 19.3 Å². The molecule has 1 fully saturated rings. The molecule has 1 atom stereocenters. The van der Waals surface area contributed by atoms with Crippen molar-refractivity contribution in [2.75, 3.05) is 26.7 Å². The molecule has 1 heterocycles. The van der Waals surface area contributed by atoms with E-state index in [9.17, 15) is 9.90 Å². The van der Waals surface area contributed by atoms with Crippen LogP contribution in [0.5, 0.6) is 11.5 Å². The SMILES string of the molecule is COc1ccc(C(=O)N2CCCC(CCN)C2)c(O)c1. The van der Waals surface area contributed by atoms with Gasteiger partial charge in [0, 0.05) is 19.2 Å². The van der Waals surface area contributed by atoms with Crippen LogP contribution in [0.15, 0.2) is 18.2 Å². The van der Waals surface area contributed by atoms with Crippen molar-refractivity contribution in [1.82, 2.24) is 4.90 Å². The molecule has 5 heteroatoms. The normalized spacial score (nSPS) is 18.9. The molecule has 1 aromatic rings. The maximum atomic E-state index is 12.5. The largest absolute Gasteiger partial charge is 0.507 e. The molecule has 0 bridgehead atoms. The third-order valence-corrected chi connectivity index (χ3v) is 3.82. The fraction of sp³-hybridized carbons (Fsp3) is 0.533. The number of likely N-dealkylation sites (tertiary alicyclic amines) is 1. The zero-order valence-electron chi connectivity index (χ0n) is 11.8. The first-order valence-electron chi connectivity index (χ1n) is 7.02. The summed E-state index contributed by atoms with van der Waals surface area (Å²) < 4.78 is 5.03. The molecule has 1 saturated heterocycles. The first-order chi connectivity index (χ1) is 9.65. The van der Waals surface area contributed by atoms with E-state index in [0.29, 0.717) is 23.8 Å². The molecule has 1 amide bonds. The van der Waals surface area contributed by atoms with Crippen LogP contribution in [0.4, 0.5) is 0 Å². The highest BCUT2D eigenvalue weighted by molar-refractivity contribution is 5.97. The van der Waals surface area contributed by atoms with Gasteiger partial charge in [-0.15, -0.1) is 0 Å². The van der Waals surface area contributed by atoms with Gasteiger partial charge in [0.25, 0.3) is 5.91 Å². The number of nitrogens with zero attached hydrogens (tertiary/aromatic N) is 1. The van der Waals surface area contributed by atoms with Crippen molar-refractivity contribution in [3.63, 3.8) is 0 Å². The minimum absolute atomic E-state index is 0.0321. The Morgan fingerprint density at radius 1 is 1.55 bits per heavy atom. The van der Waals surface area contributed by atoms with E-state index in [-0.39, 0.29) is 11.7 Å². The van der Waals surface area contributed by atoms with Gasteiger partial charge in [-0.05, 0) is 43.9 Å². The van der Waals surface area contributed by atoms with Crippen molar-refractivity contribution >= 4 is 5.91 Å². The third-order valence-electron chi connectivity index (χ3n) is 3.82. The number of rotatable bonds is 4. The summed E-state index contributed by atoms with van der Waals surface area (Å²) in [6, 6.07) is 4.77. The van der Waals surface area contributed by atoms with Gasteiger partial charge < -0.3 is 20.5 Å². The lowest BCUT2D eigenvalue weighted by molar-refractivity contribution is 0.0666. The Morgan fingerprint density at radius 3 is 3.00 bits per heavy atom. The molecule has 1 aliphatic rings. The van der Waals surface area contributed by atoms with Crippen molar-refractivity contribution in [3.05, 3.63) is 23.8 Å². The number of amides is 1. The molecule has 0 saturated carbocycles. The second kappa shape index (κ2) is 6.61. The Labute approximate surface area is 119 Å². The van der Waals surface area contributed by atoms with Crippen molar-refractivity contribution < 1.29 is 14.6 Å². The topological polar surface area (TPSA) is 75.8 Å². The zero-order valence-corrected chi connectivity index (χ0v) is 11.8. The minimum atomic E-state index is -0.119. The second-order valence-electron chi connectivity index (χ2n) is 5.22. The van der Waals surface area contributed by atoms with Crippen LogP contribution in [0.3, 0.4) is 0 Å². The number of carbonyl (C=O) groups excluding carboxylic acids is 1. The molecule has 0 radical (unpaired) electrons. The lowest BCUT2D eigenvalue weighted by atomic mass is 9.94. The molecule has 20 heavy (non-hydrogen) atoms. The van der Waals surface area contributed by atoms with E-state index in [1.165, 1.54) is 13.2 Å². The summed E-state index contributed by atoms with van der Waals surface area (Å²) >= 11 is 0. The molecule has 1 aromatic carbocycles. The summed E-state index contributed by atoms with van der Waals surface area (Å²) in [5, 5.41) is 9.95. The fourth-order valence-electron chi connectivity index (χ4n) is 2.71. The molecule has 1 unspecified atom stereocenters. The van der Waals surface area contributed by atoms with Crippen LogP contribution >= 0.6 is 0 Å². The van der Waals surface area contributed by atoms with Crippen LogP contribution in [0.25, 0.3) is 0 Å². The number of piperidine rings is 1. The number of ether oxygens (including phenoxy) is 1. The van der Waals surface area contributed by atoms with Crippen molar-refractivity contribution in [3.8, 4) is 11.5 Å². The monoisotopic (exact) mass is 278 g/mol. The molecule has 1 aliphatic heterocycles. The number of hydrogen-bond donors (Lipinski definition) is 2. The summed E-state index contributed by atoms with van der Waals surface area (Å²) in [4.78, 5) is 14.3. The van der Waals surface area contributed by atoms with E-state index >= 15 is 0 Å². The standard InChI is InChI=1S/C15H22N2O3/c1-20-12-4-5-13(14(18)9-12)15(19)17-8-2-3-11(10-17)6-7-16/h4-5,9,11,18H,2-3,6-8,10,16H2,1H3. The first-order valence-corrected chi connectivity index (χ1v) is 7.02. The van der Waals surface area contributed by atoms with Gasteiger partial charge in [0.15, 0.2) is 0 Å². The highest BCUT2D eigenvalue weighted by atomic mass is 16.5. The van der Waals surface area contributed by atoms with Gasteiger partial charge in [-0.2, -0.15) is 0 Å². The molecular weight excluding hydrogens is 256 g/mol. The van der Waals surface area contributed by atoms with Crippen LogP contribution in [0.2, 0.25) is 0 Å². The maximum absolute atomic E-state index is 12.5. The fourth-order valence-corrected chi connectivity index (χ4v) is 2.71. The van der Waals surface area contributed by atoms with Crippen molar-refractivity contribution in [2.24, 2.45) is 11.7 Å². The Morgan fingerprint density at radius 2 is 2.35 bits per heavy atom. The number of benzene rings is 1. The lowest BCUT2D eigenvalue weighted by Crippen LogP contribution is -2.40. The van der Waals surface area contributed by atoms with Gasteiger partial charge >= 0.3 is 0 Å². The van der Waals surface area contributed by atoms with Crippen LogP contribution in [-0.4, -0.2) is 42.7 Å². The van der Waals surface area contributed by atoms with E-state index in [1.807, 2.05) is 4.90 Å². The van der Waals surface area contributed by atoms with E-state index in [0.717, 1.165) is 32.4 Å². The minimum Gasteiger partial charge on any atom is -0.507 e. The Kier molecular flexibility index (Phi) is 4.84. The highest BCUT2D eigenvalue weighted by Crippen LogP contribution is 2.27. The van der Waals surface area contributed by atoms with E-state index in [2.05, 4.69) is 0 Å². The van der Waals surface area contributed by atoms with E-state index in [1.54, 1.807) is 12.1 Å². The van der Waals surface area contributed by atoms with Gasteiger partial charge in [-0.1, -0.05) is 0 Å². The first kappa shape index (κ1) is 14.7. The van der Waals surface area contributed by atoms with E-state index < -0.39 is 0 Å². The van der Waals surface area contributed by atoms with E-state index in [4.69, 9.17) is 10.5 Å². The van der Waals surface area contributed by atoms with Gasteiger partial charge in [-0.3, -0.25) is 4.79 Å². The number of phenolic OH excluding ortho intramolecular Hbond substituents is 1. The summed E-state index contributed by atoms with van der Waals surface area (Å²) in [6.07, 6.45) is 3.06. The van der Waals surface area contributed by atoms with Gasteiger partial charge in [0.2, 0.25) is 0 Å². The molecule has 0 spiro atoms. The molecular formula is C15H22N2O3. The Hall–Kier alpha value is -1.75. The molecule has 0 aromatic heterocycles. The van der Waals surface area contributed by atoms with Crippen LogP contribution in [0, 0.1) is 5.92 Å². The average molecular weight is 278 g/mol. The molecule has 0 aliphatic carbocycles. The predicted molar refractivity (Wildman–Crippen MR) is 77.0 cm³/mol. The maximum Gasteiger partial charge on any atom is 0.257 e. The molecule has 5 nitrogen and oxygen atoms in total. The number of hydrogen-bond acceptors (Lipinski definition) is 4. The highest BCUT2D eigenvalue weighted by Gasteiger charge is 2.25. The van der Waals surface area contributed by atoms with Gasteiger partial charge in [0.1, 0.15) is 11.5 Å². The summed E-state index contributed by atoms with van der Waals surface area (Å²) in [7, 11) is 1.53. The predicted octanol–water partition coefficient (Wildman–Crippen LogP) is 1.60. The number of phenols is 1. The molecule has 2 rings (SSSR count). The molecule has 3 N–H and O–H groups in total. The average Bonchev–Trinajstić information content (AvgIpc) is 2.47. The van der Waals surface area contributed by atoms with Crippen LogP contribution in [0.1, 0.15) is 29.6 Å². The smallest absolute Gasteiger partial charge is 0.257 e. The van der Waals surface area contributed by atoms with Gasteiger partial charge in [0.05, 0.1) is 12.7 Å². The van der Waals surface area contributed by atoms with Crippen molar-refractivity contribution in [1.29, 1.82) is 0 Å². The number of nitrogens with two attached hydrogens (primary N) is 1. The zero-order chi connectivity index (χ0) is 14.5. The summed E-state index contributed by atoms with van der Waals surface area (Å²) in [5.74, 6) is 0.860. The summed E-state index contributed by atoms with van der Waals surface area (Å²) in [6.45, 7) is 2.12. The number of carbonyl (C=O) groups is 1. The van der Waals surface area contributed by atoms with Gasteiger partial charge in [-0.25, -0.2) is 0 Å². The van der Waals surface area contributed by atoms with Crippen LogP contribution in [-0.2, 0) is 0 Å². The quantitative estimate of drug-likeness (QED) is 0.877.